The van der Waals surface area contributed by atoms with Gasteiger partial charge in [0, 0.05) is 9.89 Å². The minimum Gasteiger partial charge on any atom is -0.492 e. The van der Waals surface area contributed by atoms with Crippen molar-refractivity contribution in [3.8, 4) is 5.75 Å². The summed E-state index contributed by atoms with van der Waals surface area (Å²) in [6.45, 7) is 0.775. The highest BCUT2D eigenvalue weighted by molar-refractivity contribution is 9.11. The van der Waals surface area contributed by atoms with Crippen molar-refractivity contribution in [3.63, 3.8) is 0 Å². The first kappa shape index (κ1) is 11.8. The Kier molecular flexibility index (Phi) is 3.68. The second-order valence-corrected chi connectivity index (χ2v) is 6.11. The molecule has 1 saturated carbocycles. The maximum Gasteiger partial charge on any atom is 0.133 e. The first-order chi connectivity index (χ1) is 7.15. The fourth-order valence-corrected chi connectivity index (χ4v) is 2.92. The van der Waals surface area contributed by atoms with E-state index in [1.54, 1.807) is 0 Å². The Balaban J connectivity index is 1.99. The SMILES string of the molecule is SCC1(COc2ccc(Br)cc2Br)CC1. The van der Waals surface area contributed by atoms with Crippen LogP contribution in [0.3, 0.4) is 0 Å². The molecule has 0 aliphatic heterocycles. The molecule has 1 fully saturated rings. The lowest BCUT2D eigenvalue weighted by molar-refractivity contribution is 0.249. The highest BCUT2D eigenvalue weighted by atomic mass is 79.9. The monoisotopic (exact) mass is 350 g/mol. The molecule has 0 N–H and O–H groups in total. The predicted molar refractivity (Wildman–Crippen MR) is 72.9 cm³/mol. The molecule has 0 aromatic heterocycles. The zero-order valence-corrected chi connectivity index (χ0v) is 12.2. The van der Waals surface area contributed by atoms with Crippen LogP contribution in [-0.2, 0) is 0 Å². The highest BCUT2D eigenvalue weighted by Gasteiger charge is 2.42. The molecular weight excluding hydrogens is 340 g/mol. The van der Waals surface area contributed by atoms with Gasteiger partial charge in [-0.05, 0) is 52.7 Å². The molecule has 0 unspecified atom stereocenters. The lowest BCUT2D eigenvalue weighted by atomic mass is 10.2. The molecule has 1 aliphatic rings. The van der Waals surface area contributed by atoms with Gasteiger partial charge in [-0.15, -0.1) is 0 Å². The van der Waals surface area contributed by atoms with Crippen molar-refractivity contribution in [2.75, 3.05) is 12.4 Å². The smallest absolute Gasteiger partial charge is 0.133 e. The maximum atomic E-state index is 5.79. The molecule has 0 spiro atoms. The third kappa shape index (κ3) is 2.92. The molecule has 0 atom stereocenters. The minimum atomic E-state index is 0.343. The summed E-state index contributed by atoms with van der Waals surface area (Å²) in [5.41, 5.74) is 0.343. The normalized spacial score (nSPS) is 17.5. The molecular formula is C11H12Br2OS. The summed E-state index contributed by atoms with van der Waals surface area (Å²) in [7, 11) is 0. The van der Waals surface area contributed by atoms with E-state index in [0.29, 0.717) is 5.41 Å². The van der Waals surface area contributed by atoms with Crippen molar-refractivity contribution in [2.24, 2.45) is 5.41 Å². The van der Waals surface area contributed by atoms with Gasteiger partial charge in [0.25, 0.3) is 0 Å². The van der Waals surface area contributed by atoms with Gasteiger partial charge >= 0.3 is 0 Å². The van der Waals surface area contributed by atoms with Gasteiger partial charge in [-0.1, -0.05) is 15.9 Å². The van der Waals surface area contributed by atoms with Gasteiger partial charge in [0.2, 0.25) is 0 Å². The number of benzene rings is 1. The molecule has 0 saturated heterocycles. The van der Waals surface area contributed by atoms with Crippen molar-refractivity contribution in [1.29, 1.82) is 0 Å². The van der Waals surface area contributed by atoms with Crippen molar-refractivity contribution >= 4 is 44.5 Å². The van der Waals surface area contributed by atoms with Crippen LogP contribution in [-0.4, -0.2) is 12.4 Å². The van der Waals surface area contributed by atoms with Gasteiger partial charge in [-0.3, -0.25) is 0 Å². The minimum absolute atomic E-state index is 0.343. The second-order valence-electron chi connectivity index (χ2n) is 4.02. The first-order valence-electron chi connectivity index (χ1n) is 4.84. The average molecular weight is 352 g/mol. The Labute approximate surface area is 112 Å². The van der Waals surface area contributed by atoms with E-state index in [2.05, 4.69) is 44.5 Å². The quantitative estimate of drug-likeness (QED) is 0.795. The number of hydrogen-bond acceptors (Lipinski definition) is 2. The fraction of sp³-hybridized carbons (Fsp3) is 0.455. The lowest BCUT2D eigenvalue weighted by Gasteiger charge is -2.14. The van der Waals surface area contributed by atoms with Gasteiger partial charge in [0.15, 0.2) is 0 Å². The lowest BCUT2D eigenvalue weighted by Crippen LogP contribution is -2.14. The van der Waals surface area contributed by atoms with E-state index in [9.17, 15) is 0 Å². The summed E-state index contributed by atoms with van der Waals surface area (Å²) in [6.07, 6.45) is 2.48. The average Bonchev–Trinajstić information content (AvgIpc) is 2.97. The van der Waals surface area contributed by atoms with Crippen LogP contribution in [0.4, 0.5) is 0 Å². The molecule has 0 radical (unpaired) electrons. The van der Waals surface area contributed by atoms with Crippen LogP contribution < -0.4 is 4.74 Å². The van der Waals surface area contributed by atoms with E-state index in [0.717, 1.165) is 27.1 Å². The third-order valence-corrected chi connectivity index (χ3v) is 4.50. The molecule has 1 nitrogen and oxygen atoms in total. The van der Waals surface area contributed by atoms with E-state index in [1.165, 1.54) is 12.8 Å². The van der Waals surface area contributed by atoms with E-state index >= 15 is 0 Å². The van der Waals surface area contributed by atoms with Crippen molar-refractivity contribution in [3.05, 3.63) is 27.1 Å². The Morgan fingerprint density at radius 3 is 2.60 bits per heavy atom. The van der Waals surface area contributed by atoms with Crippen LogP contribution in [0.25, 0.3) is 0 Å². The first-order valence-corrected chi connectivity index (χ1v) is 7.06. The van der Waals surface area contributed by atoms with Crippen molar-refractivity contribution in [2.45, 2.75) is 12.8 Å². The zero-order chi connectivity index (χ0) is 10.9. The summed E-state index contributed by atoms with van der Waals surface area (Å²) in [5, 5.41) is 0. The Bertz CT molecular complexity index is 364. The molecule has 1 aromatic rings. The Hall–Kier alpha value is 0.330. The molecule has 15 heavy (non-hydrogen) atoms. The fourth-order valence-electron chi connectivity index (χ4n) is 1.35. The number of rotatable bonds is 4. The molecule has 0 heterocycles. The Morgan fingerprint density at radius 2 is 2.07 bits per heavy atom. The molecule has 1 aromatic carbocycles. The standard InChI is InChI=1S/C11H12Br2OS/c12-8-1-2-10(9(13)5-8)14-6-11(7-15)3-4-11/h1-2,5,15H,3-4,6-7H2. The summed E-state index contributed by atoms with van der Waals surface area (Å²) >= 11 is 11.3. The van der Waals surface area contributed by atoms with Gasteiger partial charge in [-0.25, -0.2) is 0 Å². The van der Waals surface area contributed by atoms with Crippen LogP contribution in [0.2, 0.25) is 0 Å². The maximum absolute atomic E-state index is 5.79. The highest BCUT2D eigenvalue weighted by Crippen LogP contribution is 2.47. The largest absolute Gasteiger partial charge is 0.492 e. The predicted octanol–water partition coefficient (Wildman–Crippen LogP) is 4.30. The number of halogens is 2. The van der Waals surface area contributed by atoms with Gasteiger partial charge in [0.05, 0.1) is 11.1 Å². The van der Waals surface area contributed by atoms with Gasteiger partial charge < -0.3 is 4.74 Å². The molecule has 0 amide bonds. The third-order valence-electron chi connectivity index (χ3n) is 2.72. The summed E-state index contributed by atoms with van der Waals surface area (Å²) in [6, 6.07) is 5.96. The molecule has 4 heteroatoms. The molecule has 2 rings (SSSR count). The van der Waals surface area contributed by atoms with Crippen LogP contribution in [0.5, 0.6) is 5.75 Å². The van der Waals surface area contributed by atoms with Crippen LogP contribution in [0.15, 0.2) is 27.1 Å². The topological polar surface area (TPSA) is 9.23 Å². The van der Waals surface area contributed by atoms with E-state index in [4.69, 9.17) is 4.74 Å². The number of ether oxygens (including phenoxy) is 1. The van der Waals surface area contributed by atoms with Crippen LogP contribution >= 0.6 is 44.5 Å². The summed E-state index contributed by atoms with van der Waals surface area (Å²) in [4.78, 5) is 0. The number of hydrogen-bond donors (Lipinski definition) is 1. The van der Waals surface area contributed by atoms with E-state index < -0.39 is 0 Å². The second kappa shape index (κ2) is 4.68. The van der Waals surface area contributed by atoms with E-state index in [1.807, 2.05) is 18.2 Å². The van der Waals surface area contributed by atoms with Gasteiger partial charge in [-0.2, -0.15) is 12.6 Å². The van der Waals surface area contributed by atoms with Crippen molar-refractivity contribution < 1.29 is 4.74 Å². The van der Waals surface area contributed by atoms with Crippen molar-refractivity contribution in [1.82, 2.24) is 0 Å². The number of thiol groups is 1. The summed E-state index contributed by atoms with van der Waals surface area (Å²) < 4.78 is 7.84. The van der Waals surface area contributed by atoms with Crippen LogP contribution in [0, 0.1) is 5.41 Å². The zero-order valence-electron chi connectivity index (χ0n) is 8.17. The van der Waals surface area contributed by atoms with Crippen LogP contribution in [0.1, 0.15) is 12.8 Å². The molecule has 0 bridgehead atoms. The Morgan fingerprint density at radius 1 is 1.33 bits per heavy atom. The van der Waals surface area contributed by atoms with E-state index in [-0.39, 0.29) is 0 Å². The molecule has 1 aliphatic carbocycles. The summed E-state index contributed by atoms with van der Waals surface area (Å²) in [5.74, 6) is 1.83. The van der Waals surface area contributed by atoms with Gasteiger partial charge in [0.1, 0.15) is 5.75 Å². The molecule has 82 valence electrons.